The Kier molecular flexibility index (Phi) is 4.43. The van der Waals surface area contributed by atoms with Crippen LogP contribution in [0.5, 0.6) is 5.75 Å². The molecular weight excluding hydrogens is 242 g/mol. The van der Waals surface area contributed by atoms with Crippen LogP contribution in [0.2, 0.25) is 0 Å². The van der Waals surface area contributed by atoms with Gasteiger partial charge in [0.1, 0.15) is 5.75 Å². The topological polar surface area (TPSA) is 49.8 Å². The first kappa shape index (κ1) is 13.9. The fourth-order valence-electron chi connectivity index (χ4n) is 2.40. The van der Waals surface area contributed by atoms with Crippen LogP contribution in [0.1, 0.15) is 24.0 Å². The van der Waals surface area contributed by atoms with E-state index in [0.717, 1.165) is 16.9 Å². The van der Waals surface area contributed by atoms with E-state index >= 15 is 0 Å². The fourth-order valence-corrected chi connectivity index (χ4v) is 2.40. The summed E-state index contributed by atoms with van der Waals surface area (Å²) in [6, 6.07) is 6.03. The molecule has 2 rings (SSSR count). The third kappa shape index (κ3) is 3.96. The number of carbonyl (C=O) groups excluding carboxylic acids is 1. The molecule has 0 bridgehead atoms. The minimum Gasteiger partial charge on any atom is -0.493 e. The molecule has 1 saturated heterocycles. The highest BCUT2D eigenvalue weighted by Crippen LogP contribution is 2.17. The number of amides is 1. The fraction of sp³-hybridized carbons (Fsp3) is 0.533. The van der Waals surface area contributed by atoms with Crippen LogP contribution in [0.3, 0.4) is 0 Å². The predicted molar refractivity (Wildman–Crippen MR) is 73.2 cm³/mol. The Morgan fingerprint density at radius 3 is 2.63 bits per heavy atom. The first-order valence-electron chi connectivity index (χ1n) is 6.71. The van der Waals surface area contributed by atoms with Crippen molar-refractivity contribution in [2.24, 2.45) is 0 Å². The molecular formula is C15H21NO3. The van der Waals surface area contributed by atoms with Crippen molar-refractivity contribution >= 4 is 5.91 Å². The summed E-state index contributed by atoms with van der Waals surface area (Å²) in [6.45, 7) is 5.55. The molecule has 1 atom stereocenters. The van der Waals surface area contributed by atoms with Crippen molar-refractivity contribution in [3.63, 3.8) is 0 Å². The molecule has 0 saturated carbocycles. The van der Waals surface area contributed by atoms with Crippen LogP contribution in [0, 0.1) is 13.8 Å². The van der Waals surface area contributed by atoms with Gasteiger partial charge in [0, 0.05) is 13.1 Å². The summed E-state index contributed by atoms with van der Waals surface area (Å²) in [6.07, 6.45) is 0.688. The molecule has 0 aliphatic carbocycles. The smallest absolute Gasteiger partial charge is 0.226 e. The molecule has 1 heterocycles. The van der Waals surface area contributed by atoms with Crippen LogP contribution in [0.25, 0.3) is 0 Å². The lowest BCUT2D eigenvalue weighted by Crippen LogP contribution is -2.30. The molecule has 1 aliphatic heterocycles. The number of benzene rings is 1. The molecule has 19 heavy (non-hydrogen) atoms. The summed E-state index contributed by atoms with van der Waals surface area (Å²) < 4.78 is 5.61. The highest BCUT2D eigenvalue weighted by molar-refractivity contribution is 5.76. The first-order valence-corrected chi connectivity index (χ1v) is 6.71. The van der Waals surface area contributed by atoms with Gasteiger partial charge in [-0.2, -0.15) is 0 Å². The Labute approximate surface area is 114 Å². The van der Waals surface area contributed by atoms with Crippen molar-refractivity contribution in [3.05, 3.63) is 29.3 Å². The van der Waals surface area contributed by atoms with E-state index in [1.54, 1.807) is 4.90 Å². The van der Waals surface area contributed by atoms with Gasteiger partial charge in [-0.05, 0) is 43.5 Å². The summed E-state index contributed by atoms with van der Waals surface area (Å²) in [5, 5.41) is 9.39. The Morgan fingerprint density at radius 1 is 1.37 bits per heavy atom. The molecule has 1 unspecified atom stereocenters. The number of likely N-dealkylation sites (tertiary alicyclic amines) is 1. The van der Waals surface area contributed by atoms with Crippen LogP contribution in [0.4, 0.5) is 0 Å². The van der Waals surface area contributed by atoms with E-state index in [0.29, 0.717) is 32.5 Å². The van der Waals surface area contributed by atoms with Gasteiger partial charge in [-0.3, -0.25) is 4.79 Å². The Morgan fingerprint density at radius 2 is 2.05 bits per heavy atom. The summed E-state index contributed by atoms with van der Waals surface area (Å²) in [7, 11) is 0. The minimum atomic E-state index is -0.357. The molecule has 4 heteroatoms. The van der Waals surface area contributed by atoms with Crippen molar-refractivity contribution in [3.8, 4) is 5.75 Å². The van der Waals surface area contributed by atoms with E-state index in [1.165, 1.54) is 0 Å². The first-order chi connectivity index (χ1) is 9.04. The van der Waals surface area contributed by atoms with E-state index in [4.69, 9.17) is 4.74 Å². The Balaban J connectivity index is 1.78. The number of rotatable bonds is 4. The van der Waals surface area contributed by atoms with Gasteiger partial charge in [0.25, 0.3) is 0 Å². The van der Waals surface area contributed by atoms with Crippen LogP contribution < -0.4 is 4.74 Å². The van der Waals surface area contributed by atoms with Crippen molar-refractivity contribution in [2.75, 3.05) is 19.7 Å². The minimum absolute atomic E-state index is 0.0564. The second-order valence-corrected chi connectivity index (χ2v) is 5.20. The maximum absolute atomic E-state index is 11.8. The zero-order valence-electron chi connectivity index (χ0n) is 11.6. The molecule has 4 nitrogen and oxygen atoms in total. The van der Waals surface area contributed by atoms with Gasteiger partial charge in [-0.1, -0.05) is 6.07 Å². The van der Waals surface area contributed by atoms with Crippen LogP contribution >= 0.6 is 0 Å². The van der Waals surface area contributed by atoms with E-state index < -0.39 is 0 Å². The van der Waals surface area contributed by atoms with E-state index in [-0.39, 0.29) is 12.0 Å². The van der Waals surface area contributed by atoms with Crippen molar-refractivity contribution < 1.29 is 14.6 Å². The molecule has 104 valence electrons. The van der Waals surface area contributed by atoms with Gasteiger partial charge in [-0.25, -0.2) is 0 Å². The number of hydrogen-bond donors (Lipinski definition) is 1. The van der Waals surface area contributed by atoms with Gasteiger partial charge < -0.3 is 14.7 Å². The normalized spacial score (nSPS) is 18.7. The lowest BCUT2D eigenvalue weighted by Gasteiger charge is -2.15. The van der Waals surface area contributed by atoms with Crippen LogP contribution in [-0.4, -0.2) is 41.7 Å². The molecule has 1 N–H and O–H groups in total. The number of aryl methyl sites for hydroxylation is 2. The zero-order valence-corrected chi connectivity index (χ0v) is 11.6. The van der Waals surface area contributed by atoms with Crippen LogP contribution in [-0.2, 0) is 4.79 Å². The van der Waals surface area contributed by atoms with Crippen molar-refractivity contribution in [1.29, 1.82) is 0 Å². The van der Waals surface area contributed by atoms with Gasteiger partial charge in [0.15, 0.2) is 0 Å². The van der Waals surface area contributed by atoms with Gasteiger partial charge >= 0.3 is 0 Å². The molecule has 1 aliphatic rings. The second kappa shape index (κ2) is 6.06. The van der Waals surface area contributed by atoms with Gasteiger partial charge in [0.2, 0.25) is 5.91 Å². The van der Waals surface area contributed by atoms with Crippen molar-refractivity contribution in [1.82, 2.24) is 4.90 Å². The number of aliphatic hydroxyl groups is 1. The molecule has 1 aromatic rings. The van der Waals surface area contributed by atoms with E-state index in [9.17, 15) is 9.90 Å². The molecule has 0 aromatic heterocycles. The average molecular weight is 263 g/mol. The monoisotopic (exact) mass is 263 g/mol. The largest absolute Gasteiger partial charge is 0.493 e. The standard InChI is InChI=1S/C15H21NO3/c1-11-7-12(2)9-14(8-11)19-6-4-15(18)16-5-3-13(17)10-16/h7-9,13,17H,3-6,10H2,1-2H3. The summed E-state index contributed by atoms with van der Waals surface area (Å²) in [4.78, 5) is 13.6. The summed E-state index contributed by atoms with van der Waals surface area (Å²) in [5.74, 6) is 0.868. The quantitative estimate of drug-likeness (QED) is 0.899. The molecule has 0 spiro atoms. The average Bonchev–Trinajstić information content (AvgIpc) is 2.74. The van der Waals surface area contributed by atoms with E-state index in [1.807, 2.05) is 26.0 Å². The maximum atomic E-state index is 11.8. The highest BCUT2D eigenvalue weighted by atomic mass is 16.5. The lowest BCUT2D eigenvalue weighted by atomic mass is 10.1. The number of hydrogen-bond acceptors (Lipinski definition) is 3. The van der Waals surface area contributed by atoms with Crippen molar-refractivity contribution in [2.45, 2.75) is 32.8 Å². The third-order valence-corrected chi connectivity index (χ3v) is 3.30. The van der Waals surface area contributed by atoms with Gasteiger partial charge in [-0.15, -0.1) is 0 Å². The molecule has 0 radical (unpaired) electrons. The summed E-state index contributed by atoms with van der Waals surface area (Å²) in [5.41, 5.74) is 2.31. The molecule has 1 fully saturated rings. The Bertz CT molecular complexity index is 438. The number of nitrogens with zero attached hydrogens (tertiary/aromatic N) is 1. The Hall–Kier alpha value is -1.55. The predicted octanol–water partition coefficient (Wildman–Crippen LogP) is 1.67. The number of ether oxygens (including phenoxy) is 1. The number of β-amino-alcohol motifs (C(OH)–C–C–N with tert-alkyl or cyclic N) is 1. The third-order valence-electron chi connectivity index (χ3n) is 3.30. The number of carbonyl (C=O) groups is 1. The van der Waals surface area contributed by atoms with Gasteiger partial charge in [0.05, 0.1) is 19.1 Å². The van der Waals surface area contributed by atoms with Crippen LogP contribution in [0.15, 0.2) is 18.2 Å². The second-order valence-electron chi connectivity index (χ2n) is 5.20. The molecule has 1 aromatic carbocycles. The SMILES string of the molecule is Cc1cc(C)cc(OCCC(=O)N2CCC(O)C2)c1. The zero-order chi connectivity index (χ0) is 13.8. The van der Waals surface area contributed by atoms with E-state index in [2.05, 4.69) is 6.07 Å². The lowest BCUT2D eigenvalue weighted by molar-refractivity contribution is -0.131. The highest BCUT2D eigenvalue weighted by Gasteiger charge is 2.23. The maximum Gasteiger partial charge on any atom is 0.226 e. The molecule has 1 amide bonds. The number of aliphatic hydroxyl groups excluding tert-OH is 1. The summed E-state index contributed by atoms with van der Waals surface area (Å²) >= 11 is 0.